The maximum Gasteiger partial charge on any atom is 0.223 e. The maximum atomic E-state index is 12.2. The van der Waals surface area contributed by atoms with Crippen LogP contribution in [0.4, 0.5) is 0 Å². The lowest BCUT2D eigenvalue weighted by molar-refractivity contribution is -0.123. The molecule has 3 aliphatic rings. The van der Waals surface area contributed by atoms with Crippen molar-refractivity contribution in [2.75, 3.05) is 33.2 Å². The fourth-order valence-corrected chi connectivity index (χ4v) is 3.77. The molecule has 2 heterocycles. The molecule has 6 heteroatoms. The fraction of sp³-hybridized carbons (Fsp3) is 0.929. The number of piperidine rings is 1. The topological polar surface area (TPSA) is 44.4 Å². The summed E-state index contributed by atoms with van der Waals surface area (Å²) in [5.41, 5.74) is 0.372. The van der Waals surface area contributed by atoms with Crippen LogP contribution in [-0.4, -0.2) is 50.1 Å². The Kier molecular flexibility index (Phi) is 6.58. The molecule has 4 nitrogen and oxygen atoms in total. The van der Waals surface area contributed by atoms with Gasteiger partial charge in [-0.05, 0) is 64.2 Å². The highest BCUT2D eigenvalue weighted by molar-refractivity contribution is 5.85. The van der Waals surface area contributed by atoms with Crippen molar-refractivity contribution in [3.8, 4) is 0 Å². The Bertz CT molecular complexity index is 334. The van der Waals surface area contributed by atoms with Crippen molar-refractivity contribution >= 4 is 30.7 Å². The smallest absolute Gasteiger partial charge is 0.223 e. The average Bonchev–Trinajstić information content (AvgIpc) is 2.90. The zero-order chi connectivity index (χ0) is 12.6. The third kappa shape index (κ3) is 3.59. The molecule has 1 amide bonds. The number of amides is 1. The number of likely N-dealkylation sites (N-methyl/N-ethyl adjacent to an activating group) is 1. The highest BCUT2D eigenvalue weighted by Gasteiger charge is 2.57. The van der Waals surface area contributed by atoms with Crippen LogP contribution in [0.3, 0.4) is 0 Å². The number of nitrogens with one attached hydrogen (secondary N) is 2. The van der Waals surface area contributed by atoms with Crippen molar-refractivity contribution in [3.05, 3.63) is 0 Å². The van der Waals surface area contributed by atoms with Crippen LogP contribution >= 0.6 is 24.8 Å². The second-order valence-corrected chi connectivity index (χ2v) is 6.39. The minimum Gasteiger partial charge on any atom is -0.354 e. The number of rotatable bonds is 3. The zero-order valence-corrected chi connectivity index (χ0v) is 13.8. The van der Waals surface area contributed by atoms with Crippen molar-refractivity contribution in [3.63, 3.8) is 0 Å². The van der Waals surface area contributed by atoms with E-state index < -0.39 is 0 Å². The lowest BCUT2D eigenvalue weighted by atomic mass is 9.92. The summed E-state index contributed by atoms with van der Waals surface area (Å²) in [6.07, 6.45) is 6.01. The molecule has 3 rings (SSSR count). The predicted molar refractivity (Wildman–Crippen MR) is 85.8 cm³/mol. The lowest BCUT2D eigenvalue weighted by Gasteiger charge is -2.24. The molecule has 2 saturated heterocycles. The van der Waals surface area contributed by atoms with Gasteiger partial charge >= 0.3 is 0 Å². The van der Waals surface area contributed by atoms with Crippen LogP contribution in [0.15, 0.2) is 0 Å². The Labute approximate surface area is 134 Å². The first kappa shape index (κ1) is 18.0. The van der Waals surface area contributed by atoms with E-state index in [-0.39, 0.29) is 24.8 Å². The Hall–Kier alpha value is -0.0300. The third-order valence-electron chi connectivity index (χ3n) is 5.29. The van der Waals surface area contributed by atoms with Gasteiger partial charge in [-0.15, -0.1) is 24.8 Å². The van der Waals surface area contributed by atoms with Crippen LogP contribution in [-0.2, 0) is 4.79 Å². The molecule has 1 spiro atoms. The molecule has 3 fully saturated rings. The molecule has 0 aromatic heterocycles. The van der Waals surface area contributed by atoms with Gasteiger partial charge in [-0.1, -0.05) is 0 Å². The first-order chi connectivity index (χ1) is 8.71. The normalized spacial score (nSPS) is 31.2. The van der Waals surface area contributed by atoms with Gasteiger partial charge in [0, 0.05) is 18.5 Å². The number of hydrogen-bond donors (Lipinski definition) is 2. The predicted octanol–water partition coefficient (Wildman–Crippen LogP) is 1.43. The quantitative estimate of drug-likeness (QED) is 0.825. The highest BCUT2D eigenvalue weighted by atomic mass is 35.5. The number of likely N-dealkylation sites (tertiary alicyclic amines) is 1. The van der Waals surface area contributed by atoms with Gasteiger partial charge in [0.2, 0.25) is 5.91 Å². The van der Waals surface area contributed by atoms with Crippen molar-refractivity contribution in [2.45, 2.75) is 38.1 Å². The van der Waals surface area contributed by atoms with Crippen LogP contribution in [0.5, 0.6) is 0 Å². The van der Waals surface area contributed by atoms with E-state index in [1.807, 2.05) is 0 Å². The van der Waals surface area contributed by atoms with Gasteiger partial charge in [-0.25, -0.2) is 0 Å². The molecule has 0 aromatic carbocycles. The molecular weight excluding hydrogens is 297 g/mol. The van der Waals surface area contributed by atoms with Crippen molar-refractivity contribution in [2.24, 2.45) is 11.3 Å². The molecule has 2 aliphatic heterocycles. The Balaban J connectivity index is 0.000001000. The Morgan fingerprint density at radius 3 is 2.65 bits per heavy atom. The second kappa shape index (κ2) is 7.30. The molecule has 2 unspecified atom stereocenters. The fourth-order valence-electron chi connectivity index (χ4n) is 3.77. The molecule has 20 heavy (non-hydrogen) atoms. The monoisotopic (exact) mass is 323 g/mol. The van der Waals surface area contributed by atoms with Gasteiger partial charge in [0.15, 0.2) is 0 Å². The van der Waals surface area contributed by atoms with E-state index >= 15 is 0 Å². The van der Waals surface area contributed by atoms with Gasteiger partial charge in [0.1, 0.15) is 0 Å². The number of carbonyl (C=O) groups excluding carboxylic acids is 1. The minimum atomic E-state index is 0. The van der Waals surface area contributed by atoms with Gasteiger partial charge in [0.05, 0.1) is 0 Å². The summed E-state index contributed by atoms with van der Waals surface area (Å²) in [6, 6.07) is 0.566. The van der Waals surface area contributed by atoms with Gasteiger partial charge < -0.3 is 15.5 Å². The minimum absolute atomic E-state index is 0. The largest absolute Gasteiger partial charge is 0.354 e. The molecule has 0 aromatic rings. The molecule has 118 valence electrons. The number of nitrogens with zero attached hydrogens (tertiary/aromatic N) is 1. The summed E-state index contributed by atoms with van der Waals surface area (Å²) < 4.78 is 0. The molecular formula is C14H27Cl2N3O. The van der Waals surface area contributed by atoms with E-state index in [0.717, 1.165) is 26.1 Å². The van der Waals surface area contributed by atoms with Crippen LogP contribution in [0.25, 0.3) is 0 Å². The summed E-state index contributed by atoms with van der Waals surface area (Å²) in [5, 5.41) is 6.57. The van der Waals surface area contributed by atoms with E-state index in [1.165, 1.54) is 32.2 Å². The Morgan fingerprint density at radius 2 is 2.05 bits per heavy atom. The van der Waals surface area contributed by atoms with Crippen LogP contribution in [0, 0.1) is 11.3 Å². The summed E-state index contributed by atoms with van der Waals surface area (Å²) in [5.74, 6) is 0.628. The molecule has 1 saturated carbocycles. The molecule has 2 atom stereocenters. The van der Waals surface area contributed by atoms with E-state index in [4.69, 9.17) is 0 Å². The van der Waals surface area contributed by atoms with E-state index in [2.05, 4.69) is 22.6 Å². The molecule has 0 bridgehead atoms. The highest BCUT2D eigenvalue weighted by Crippen LogP contribution is 2.58. The summed E-state index contributed by atoms with van der Waals surface area (Å²) >= 11 is 0. The second-order valence-electron chi connectivity index (χ2n) is 6.39. The zero-order valence-electron chi connectivity index (χ0n) is 12.2. The molecule has 0 radical (unpaired) electrons. The van der Waals surface area contributed by atoms with Crippen molar-refractivity contribution in [1.82, 2.24) is 15.5 Å². The van der Waals surface area contributed by atoms with E-state index in [1.54, 1.807) is 0 Å². The van der Waals surface area contributed by atoms with Crippen molar-refractivity contribution in [1.29, 1.82) is 0 Å². The first-order valence-corrected chi connectivity index (χ1v) is 7.40. The van der Waals surface area contributed by atoms with Crippen LogP contribution in [0.1, 0.15) is 32.1 Å². The summed E-state index contributed by atoms with van der Waals surface area (Å²) in [7, 11) is 2.16. The van der Waals surface area contributed by atoms with Crippen molar-refractivity contribution < 1.29 is 4.79 Å². The summed E-state index contributed by atoms with van der Waals surface area (Å²) in [4.78, 5) is 14.6. The Morgan fingerprint density at radius 1 is 1.35 bits per heavy atom. The first-order valence-electron chi connectivity index (χ1n) is 7.40. The van der Waals surface area contributed by atoms with Gasteiger partial charge in [-0.3, -0.25) is 4.79 Å². The number of hydrogen-bond acceptors (Lipinski definition) is 3. The average molecular weight is 324 g/mol. The summed E-state index contributed by atoms with van der Waals surface area (Å²) in [6.45, 7) is 4.21. The maximum absolute atomic E-state index is 12.2. The molecule has 2 N–H and O–H groups in total. The lowest BCUT2D eigenvalue weighted by Crippen LogP contribution is -2.40. The number of carbonyl (C=O) groups is 1. The third-order valence-corrected chi connectivity index (χ3v) is 5.29. The van der Waals surface area contributed by atoms with Crippen LogP contribution < -0.4 is 10.6 Å². The van der Waals surface area contributed by atoms with Gasteiger partial charge in [-0.2, -0.15) is 0 Å². The van der Waals surface area contributed by atoms with E-state index in [9.17, 15) is 4.79 Å². The molecule has 1 aliphatic carbocycles. The number of halogens is 2. The van der Waals surface area contributed by atoms with Gasteiger partial charge in [0.25, 0.3) is 0 Å². The van der Waals surface area contributed by atoms with Crippen LogP contribution in [0.2, 0.25) is 0 Å². The SMILES string of the molecule is CN1CCCC1CNC(=O)C1CC12CCNCC2.Cl.Cl. The van der Waals surface area contributed by atoms with E-state index in [0.29, 0.717) is 23.3 Å². The standard InChI is InChI=1S/C14H25N3O.2ClH/c1-17-8-2-3-11(17)10-16-13(18)12-9-14(12)4-6-15-7-5-14;;/h11-12,15H,2-10H2,1H3,(H,16,18);2*1H.